The number of rotatable bonds is 5. The van der Waals surface area contributed by atoms with Gasteiger partial charge in [-0.1, -0.05) is 33.3 Å². The Kier molecular flexibility index (Phi) is 4.71. The van der Waals surface area contributed by atoms with Gasteiger partial charge < -0.3 is 9.47 Å². The molecule has 1 saturated heterocycles. The minimum Gasteiger partial charge on any atom is -0.349 e. The lowest BCUT2D eigenvalue weighted by Crippen LogP contribution is -2.49. The van der Waals surface area contributed by atoms with E-state index in [0.717, 1.165) is 31.8 Å². The molecule has 126 valence electrons. The lowest BCUT2D eigenvalue weighted by atomic mass is 9.74. The number of fused-ring (bicyclic) bond motifs is 1. The molecular formula is C20H34O2. The van der Waals surface area contributed by atoms with Crippen molar-refractivity contribution in [2.75, 3.05) is 6.61 Å². The van der Waals surface area contributed by atoms with Crippen molar-refractivity contribution in [3.63, 3.8) is 0 Å². The van der Waals surface area contributed by atoms with Gasteiger partial charge in [-0.05, 0) is 56.3 Å². The van der Waals surface area contributed by atoms with Crippen LogP contribution in [0.5, 0.6) is 0 Å². The minimum absolute atomic E-state index is 0.205. The van der Waals surface area contributed by atoms with Gasteiger partial charge in [-0.3, -0.25) is 0 Å². The van der Waals surface area contributed by atoms with Crippen LogP contribution >= 0.6 is 0 Å². The average Bonchev–Trinajstić information content (AvgIpc) is 2.93. The van der Waals surface area contributed by atoms with Crippen molar-refractivity contribution in [1.29, 1.82) is 0 Å². The molecule has 0 spiro atoms. The van der Waals surface area contributed by atoms with Gasteiger partial charge in [-0.2, -0.15) is 0 Å². The van der Waals surface area contributed by atoms with Crippen LogP contribution in [0.15, 0.2) is 12.7 Å². The summed E-state index contributed by atoms with van der Waals surface area (Å²) in [5.41, 5.74) is 0.205. The quantitative estimate of drug-likeness (QED) is 0.639. The van der Waals surface area contributed by atoms with E-state index in [1.165, 1.54) is 32.1 Å². The van der Waals surface area contributed by atoms with Crippen molar-refractivity contribution < 1.29 is 9.47 Å². The molecule has 2 saturated carbocycles. The predicted molar refractivity (Wildman–Crippen MR) is 90.6 cm³/mol. The lowest BCUT2D eigenvalue weighted by molar-refractivity contribution is -0.284. The highest BCUT2D eigenvalue weighted by Gasteiger charge is 2.61. The Morgan fingerprint density at radius 1 is 1.27 bits per heavy atom. The van der Waals surface area contributed by atoms with E-state index < -0.39 is 0 Å². The van der Waals surface area contributed by atoms with Crippen LogP contribution in [0.3, 0.4) is 0 Å². The standard InChI is InChI=1S/C20H34O2/c1-5-9-19-10-6-11-20(19,21-13-12-19)22-18-14-16(4)7-8-17(18)15(2)3/h5,15-18H,1,6-14H2,2-4H3. The first kappa shape index (κ1) is 16.5. The van der Waals surface area contributed by atoms with Crippen LogP contribution in [0.25, 0.3) is 0 Å². The van der Waals surface area contributed by atoms with Crippen LogP contribution in [-0.2, 0) is 9.47 Å². The van der Waals surface area contributed by atoms with Gasteiger partial charge >= 0.3 is 0 Å². The highest BCUT2D eigenvalue weighted by molar-refractivity contribution is 5.06. The molecule has 1 heterocycles. The molecule has 22 heavy (non-hydrogen) atoms. The molecule has 3 aliphatic rings. The van der Waals surface area contributed by atoms with Gasteiger partial charge in [-0.15, -0.1) is 6.58 Å². The van der Waals surface area contributed by atoms with E-state index in [9.17, 15) is 0 Å². The van der Waals surface area contributed by atoms with Crippen LogP contribution in [0.4, 0.5) is 0 Å². The Balaban J connectivity index is 1.81. The molecule has 2 aliphatic carbocycles. The molecule has 0 amide bonds. The summed E-state index contributed by atoms with van der Waals surface area (Å²) < 4.78 is 13.2. The summed E-state index contributed by atoms with van der Waals surface area (Å²) in [6.07, 6.45) is 12.1. The van der Waals surface area contributed by atoms with Gasteiger partial charge in [0.2, 0.25) is 0 Å². The normalized spacial score (nSPS) is 45.2. The summed E-state index contributed by atoms with van der Waals surface area (Å²) in [5, 5.41) is 0. The van der Waals surface area contributed by atoms with E-state index in [1.54, 1.807) is 0 Å². The van der Waals surface area contributed by atoms with Gasteiger partial charge in [0.25, 0.3) is 0 Å². The fourth-order valence-electron chi connectivity index (χ4n) is 5.42. The minimum atomic E-state index is -0.309. The van der Waals surface area contributed by atoms with Gasteiger partial charge in [0.1, 0.15) is 0 Å². The van der Waals surface area contributed by atoms with Gasteiger partial charge in [0.15, 0.2) is 5.79 Å². The summed E-state index contributed by atoms with van der Waals surface area (Å²) >= 11 is 0. The maximum Gasteiger partial charge on any atom is 0.174 e. The number of hydrogen-bond donors (Lipinski definition) is 0. The summed E-state index contributed by atoms with van der Waals surface area (Å²) in [6, 6.07) is 0. The molecule has 0 aromatic carbocycles. The second-order valence-electron chi connectivity index (χ2n) is 8.46. The molecule has 2 nitrogen and oxygen atoms in total. The molecule has 0 bridgehead atoms. The van der Waals surface area contributed by atoms with Crippen molar-refractivity contribution >= 4 is 0 Å². The van der Waals surface area contributed by atoms with Gasteiger partial charge in [-0.25, -0.2) is 0 Å². The zero-order valence-corrected chi connectivity index (χ0v) is 14.8. The molecular weight excluding hydrogens is 272 g/mol. The molecule has 0 radical (unpaired) electrons. The third kappa shape index (κ3) is 2.67. The summed E-state index contributed by atoms with van der Waals surface area (Å²) in [7, 11) is 0. The largest absolute Gasteiger partial charge is 0.349 e. The number of allylic oxidation sites excluding steroid dienone is 1. The average molecular weight is 306 g/mol. The second-order valence-corrected chi connectivity index (χ2v) is 8.46. The van der Waals surface area contributed by atoms with Crippen LogP contribution in [-0.4, -0.2) is 18.5 Å². The maximum absolute atomic E-state index is 6.89. The topological polar surface area (TPSA) is 18.5 Å². The molecule has 3 fully saturated rings. The Labute approximate surface area is 136 Å². The lowest BCUT2D eigenvalue weighted by Gasteiger charge is -2.46. The van der Waals surface area contributed by atoms with Crippen molar-refractivity contribution in [2.45, 2.75) is 84.0 Å². The highest BCUT2D eigenvalue weighted by atomic mass is 16.7. The molecule has 2 heteroatoms. The molecule has 3 rings (SSSR count). The molecule has 5 atom stereocenters. The summed E-state index contributed by atoms with van der Waals surface area (Å²) in [5.74, 6) is 1.87. The Morgan fingerprint density at radius 2 is 2.09 bits per heavy atom. The van der Waals surface area contributed by atoms with Crippen LogP contribution in [0, 0.1) is 23.2 Å². The van der Waals surface area contributed by atoms with Crippen molar-refractivity contribution in [1.82, 2.24) is 0 Å². The number of hydrogen-bond acceptors (Lipinski definition) is 2. The van der Waals surface area contributed by atoms with Gasteiger partial charge in [0.05, 0.1) is 12.7 Å². The maximum atomic E-state index is 6.89. The van der Waals surface area contributed by atoms with E-state index >= 15 is 0 Å². The molecule has 1 aliphatic heterocycles. The first-order chi connectivity index (χ1) is 10.5. The highest BCUT2D eigenvalue weighted by Crippen LogP contribution is 2.59. The fourth-order valence-corrected chi connectivity index (χ4v) is 5.42. The Hall–Kier alpha value is -0.340. The van der Waals surface area contributed by atoms with E-state index in [-0.39, 0.29) is 11.2 Å². The fraction of sp³-hybridized carbons (Fsp3) is 0.900. The van der Waals surface area contributed by atoms with E-state index in [4.69, 9.17) is 9.47 Å². The van der Waals surface area contributed by atoms with Crippen molar-refractivity contribution in [3.05, 3.63) is 12.7 Å². The second kappa shape index (κ2) is 6.28. The van der Waals surface area contributed by atoms with E-state index in [2.05, 4.69) is 33.4 Å². The van der Waals surface area contributed by atoms with Crippen LogP contribution < -0.4 is 0 Å². The zero-order valence-electron chi connectivity index (χ0n) is 14.8. The predicted octanol–water partition coefficient (Wildman–Crippen LogP) is 5.33. The van der Waals surface area contributed by atoms with Crippen LogP contribution in [0.2, 0.25) is 0 Å². The van der Waals surface area contributed by atoms with Crippen LogP contribution in [0.1, 0.15) is 72.1 Å². The summed E-state index contributed by atoms with van der Waals surface area (Å²) in [6.45, 7) is 12.0. The molecule has 5 unspecified atom stereocenters. The third-order valence-corrected chi connectivity index (χ3v) is 6.72. The van der Waals surface area contributed by atoms with Crippen molar-refractivity contribution in [3.8, 4) is 0 Å². The Bertz CT molecular complexity index is 391. The first-order valence-corrected chi connectivity index (χ1v) is 9.45. The third-order valence-electron chi connectivity index (χ3n) is 6.72. The SMILES string of the molecule is C=CCC12CCCC1(OC1CC(C)CCC1C(C)C)OCC2. The molecule has 0 aromatic heterocycles. The summed E-state index contributed by atoms with van der Waals surface area (Å²) in [4.78, 5) is 0. The van der Waals surface area contributed by atoms with Gasteiger partial charge in [0, 0.05) is 11.8 Å². The zero-order chi connectivity index (χ0) is 15.8. The van der Waals surface area contributed by atoms with E-state index in [1.807, 2.05) is 0 Å². The number of ether oxygens (including phenoxy) is 2. The first-order valence-electron chi connectivity index (χ1n) is 9.45. The molecule has 0 N–H and O–H groups in total. The molecule has 0 aromatic rings. The van der Waals surface area contributed by atoms with Crippen molar-refractivity contribution in [2.24, 2.45) is 23.2 Å². The Morgan fingerprint density at radius 3 is 2.82 bits per heavy atom. The smallest absolute Gasteiger partial charge is 0.174 e. The monoisotopic (exact) mass is 306 g/mol. The van der Waals surface area contributed by atoms with E-state index in [0.29, 0.717) is 17.9 Å².